The van der Waals surface area contributed by atoms with E-state index >= 15 is 0 Å². The molecule has 0 aliphatic carbocycles. The van der Waals surface area contributed by atoms with Gasteiger partial charge in [0.15, 0.2) is 0 Å². The van der Waals surface area contributed by atoms with Crippen LogP contribution in [0.2, 0.25) is 0 Å². The van der Waals surface area contributed by atoms with Crippen LogP contribution in [0.3, 0.4) is 0 Å². The molecular formula is C12H24N4O2S. The monoisotopic (exact) mass is 288 g/mol. The Morgan fingerprint density at radius 3 is 2.68 bits per heavy atom. The van der Waals surface area contributed by atoms with Gasteiger partial charge in [-0.3, -0.25) is 0 Å². The molecule has 0 radical (unpaired) electrons. The van der Waals surface area contributed by atoms with Crippen molar-refractivity contribution < 1.29 is 8.42 Å². The molecule has 1 rings (SSSR count). The lowest BCUT2D eigenvalue weighted by Gasteiger charge is -2.25. The molecular weight excluding hydrogens is 264 g/mol. The first kappa shape index (κ1) is 16.1. The molecule has 0 saturated carbocycles. The van der Waals surface area contributed by atoms with Gasteiger partial charge >= 0.3 is 0 Å². The third kappa shape index (κ3) is 6.17. The Bertz CT molecular complexity index is 494. The van der Waals surface area contributed by atoms with Crippen LogP contribution >= 0.6 is 0 Å². The van der Waals surface area contributed by atoms with Crippen molar-refractivity contribution >= 4 is 10.0 Å². The van der Waals surface area contributed by atoms with Crippen LogP contribution in [0, 0.1) is 0 Å². The van der Waals surface area contributed by atoms with Crippen LogP contribution in [0.4, 0.5) is 0 Å². The Morgan fingerprint density at radius 2 is 2.11 bits per heavy atom. The lowest BCUT2D eigenvalue weighted by atomic mass is 10.1. The zero-order valence-electron chi connectivity index (χ0n) is 12.1. The standard InChI is InChI=1S/C12H24N4O2S/c1-5-7-16-8-6-14-11(16)9-13-10-12(2,3)15-19(4,17)18/h6,8,13,15H,5,7,9-10H2,1-4H3. The largest absolute Gasteiger partial charge is 0.334 e. The molecule has 110 valence electrons. The summed E-state index contributed by atoms with van der Waals surface area (Å²) in [7, 11) is -3.19. The molecule has 0 aliphatic rings. The zero-order valence-corrected chi connectivity index (χ0v) is 12.9. The van der Waals surface area contributed by atoms with Gasteiger partial charge in [0, 0.05) is 31.0 Å². The highest BCUT2D eigenvalue weighted by molar-refractivity contribution is 7.88. The first-order valence-corrected chi connectivity index (χ1v) is 8.32. The SMILES string of the molecule is CCCn1ccnc1CNCC(C)(C)NS(C)(=O)=O. The Kier molecular flexibility index (Phi) is 5.51. The third-order valence-electron chi connectivity index (χ3n) is 2.58. The summed E-state index contributed by atoms with van der Waals surface area (Å²) in [5.41, 5.74) is -0.518. The van der Waals surface area contributed by atoms with Crippen molar-refractivity contribution in [3.63, 3.8) is 0 Å². The molecule has 0 unspecified atom stereocenters. The van der Waals surface area contributed by atoms with Gasteiger partial charge < -0.3 is 9.88 Å². The summed E-state index contributed by atoms with van der Waals surface area (Å²) in [6.45, 7) is 7.93. The van der Waals surface area contributed by atoms with Crippen molar-refractivity contribution in [3.05, 3.63) is 18.2 Å². The summed E-state index contributed by atoms with van der Waals surface area (Å²) in [5.74, 6) is 0.969. The second kappa shape index (κ2) is 6.49. The van der Waals surface area contributed by atoms with Crippen LogP contribution in [0.5, 0.6) is 0 Å². The van der Waals surface area contributed by atoms with Gasteiger partial charge in [-0.15, -0.1) is 0 Å². The minimum atomic E-state index is -3.19. The van der Waals surface area contributed by atoms with Gasteiger partial charge in [0.25, 0.3) is 0 Å². The van der Waals surface area contributed by atoms with Crippen LogP contribution in [0.15, 0.2) is 12.4 Å². The summed E-state index contributed by atoms with van der Waals surface area (Å²) in [6.07, 6.45) is 5.97. The first-order chi connectivity index (χ1) is 8.73. The highest BCUT2D eigenvalue weighted by atomic mass is 32.2. The van der Waals surface area contributed by atoms with Gasteiger partial charge in [0.2, 0.25) is 10.0 Å². The Balaban J connectivity index is 2.47. The second-order valence-electron chi connectivity index (χ2n) is 5.40. The molecule has 0 bridgehead atoms. The van der Waals surface area contributed by atoms with Gasteiger partial charge in [0.05, 0.1) is 12.8 Å². The van der Waals surface area contributed by atoms with E-state index in [-0.39, 0.29) is 0 Å². The number of nitrogens with one attached hydrogen (secondary N) is 2. The normalized spacial score (nSPS) is 12.8. The Hall–Kier alpha value is -0.920. The average Bonchev–Trinajstić information content (AvgIpc) is 2.62. The number of sulfonamides is 1. The molecule has 0 aromatic carbocycles. The fraction of sp³-hybridized carbons (Fsp3) is 0.750. The van der Waals surface area contributed by atoms with E-state index in [2.05, 4.69) is 26.5 Å². The molecule has 1 heterocycles. The summed E-state index contributed by atoms with van der Waals surface area (Å²) in [4.78, 5) is 4.29. The number of aromatic nitrogens is 2. The maximum absolute atomic E-state index is 11.2. The van der Waals surface area contributed by atoms with E-state index in [1.165, 1.54) is 6.26 Å². The van der Waals surface area contributed by atoms with Crippen molar-refractivity contribution in [2.45, 2.75) is 45.8 Å². The van der Waals surface area contributed by atoms with Gasteiger partial charge in [-0.1, -0.05) is 6.92 Å². The van der Waals surface area contributed by atoms with Crippen molar-refractivity contribution in [3.8, 4) is 0 Å². The molecule has 7 heteroatoms. The summed E-state index contributed by atoms with van der Waals surface area (Å²) >= 11 is 0. The molecule has 1 aromatic rings. The van der Waals surface area contributed by atoms with Crippen molar-refractivity contribution in [1.82, 2.24) is 19.6 Å². The van der Waals surface area contributed by atoms with E-state index < -0.39 is 15.6 Å². The number of imidazole rings is 1. The third-order valence-corrected chi connectivity index (χ3v) is 3.50. The van der Waals surface area contributed by atoms with Crippen LogP contribution in [0.25, 0.3) is 0 Å². The lowest BCUT2D eigenvalue weighted by molar-refractivity contribution is 0.415. The number of hydrogen-bond acceptors (Lipinski definition) is 4. The molecule has 0 amide bonds. The fourth-order valence-electron chi connectivity index (χ4n) is 1.98. The minimum Gasteiger partial charge on any atom is -0.334 e. The number of rotatable bonds is 8. The van der Waals surface area contributed by atoms with Gasteiger partial charge in [0.1, 0.15) is 5.82 Å². The van der Waals surface area contributed by atoms with E-state index in [1.54, 1.807) is 6.20 Å². The van der Waals surface area contributed by atoms with Gasteiger partial charge in [-0.05, 0) is 20.3 Å². The Labute approximate surface area is 115 Å². The highest BCUT2D eigenvalue weighted by Gasteiger charge is 2.21. The van der Waals surface area contributed by atoms with E-state index in [0.717, 1.165) is 18.8 Å². The predicted molar refractivity (Wildman–Crippen MR) is 76.3 cm³/mol. The van der Waals surface area contributed by atoms with Crippen LogP contribution < -0.4 is 10.0 Å². The van der Waals surface area contributed by atoms with Crippen LogP contribution in [-0.2, 0) is 23.1 Å². The molecule has 0 atom stereocenters. The van der Waals surface area contributed by atoms with E-state index in [4.69, 9.17) is 0 Å². The number of aryl methyl sites for hydroxylation is 1. The van der Waals surface area contributed by atoms with Crippen LogP contribution in [0.1, 0.15) is 33.0 Å². The molecule has 0 aliphatic heterocycles. The van der Waals surface area contributed by atoms with Gasteiger partial charge in [-0.2, -0.15) is 0 Å². The molecule has 0 spiro atoms. The zero-order chi connectivity index (χ0) is 14.5. The second-order valence-corrected chi connectivity index (χ2v) is 7.15. The summed E-state index contributed by atoms with van der Waals surface area (Å²) < 4.78 is 27.1. The molecule has 0 fully saturated rings. The highest BCUT2D eigenvalue weighted by Crippen LogP contribution is 2.04. The lowest BCUT2D eigenvalue weighted by Crippen LogP contribution is -2.49. The molecule has 19 heavy (non-hydrogen) atoms. The van der Waals surface area contributed by atoms with Crippen molar-refractivity contribution in [1.29, 1.82) is 0 Å². The van der Waals surface area contributed by atoms with E-state index in [9.17, 15) is 8.42 Å². The molecule has 0 saturated heterocycles. The summed E-state index contributed by atoms with van der Waals surface area (Å²) in [6, 6.07) is 0. The minimum absolute atomic E-state index is 0.518. The summed E-state index contributed by atoms with van der Waals surface area (Å²) in [5, 5.41) is 3.24. The Morgan fingerprint density at radius 1 is 1.42 bits per heavy atom. The maximum atomic E-state index is 11.2. The quantitative estimate of drug-likeness (QED) is 0.739. The van der Waals surface area contributed by atoms with E-state index in [1.807, 2.05) is 20.0 Å². The topological polar surface area (TPSA) is 76.0 Å². The maximum Gasteiger partial charge on any atom is 0.209 e. The number of nitrogens with zero attached hydrogens (tertiary/aromatic N) is 2. The van der Waals surface area contributed by atoms with Crippen molar-refractivity contribution in [2.24, 2.45) is 0 Å². The fourth-order valence-corrected chi connectivity index (χ4v) is 3.05. The average molecular weight is 288 g/mol. The molecule has 6 nitrogen and oxygen atoms in total. The smallest absolute Gasteiger partial charge is 0.209 e. The molecule has 2 N–H and O–H groups in total. The first-order valence-electron chi connectivity index (χ1n) is 6.43. The predicted octanol–water partition coefficient (Wildman–Crippen LogP) is 0.711. The van der Waals surface area contributed by atoms with Gasteiger partial charge in [-0.25, -0.2) is 18.1 Å². The van der Waals surface area contributed by atoms with Crippen LogP contribution in [-0.4, -0.2) is 36.3 Å². The number of hydrogen-bond donors (Lipinski definition) is 2. The van der Waals surface area contributed by atoms with E-state index in [0.29, 0.717) is 13.1 Å². The van der Waals surface area contributed by atoms with Crippen molar-refractivity contribution in [2.75, 3.05) is 12.8 Å². The molecule has 1 aromatic heterocycles.